The second-order valence-electron chi connectivity index (χ2n) is 3.83. The van der Waals surface area contributed by atoms with Crippen LogP contribution in [0.1, 0.15) is 30.6 Å². The van der Waals surface area contributed by atoms with E-state index in [2.05, 4.69) is 4.98 Å². The summed E-state index contributed by atoms with van der Waals surface area (Å²) in [6.07, 6.45) is 0. The van der Waals surface area contributed by atoms with E-state index in [-0.39, 0.29) is 0 Å². The predicted molar refractivity (Wildman–Crippen MR) is 55.2 cm³/mol. The van der Waals surface area contributed by atoms with E-state index in [1.54, 1.807) is 13.8 Å². The summed E-state index contributed by atoms with van der Waals surface area (Å²) in [5.74, 6) is -0.905. The van der Waals surface area contributed by atoms with Crippen molar-refractivity contribution in [2.75, 3.05) is 0 Å². The number of hydrogen-bond donors (Lipinski definition) is 2. The molecule has 1 unspecified atom stereocenters. The molecule has 0 aliphatic carbocycles. The van der Waals surface area contributed by atoms with Crippen LogP contribution in [0.3, 0.4) is 0 Å². The van der Waals surface area contributed by atoms with Crippen molar-refractivity contribution in [3.63, 3.8) is 0 Å². The van der Waals surface area contributed by atoms with Gasteiger partial charge in [-0.2, -0.15) is 0 Å². The lowest BCUT2D eigenvalue weighted by atomic mass is 9.85. The van der Waals surface area contributed by atoms with Crippen LogP contribution in [0.5, 0.6) is 0 Å². The number of rotatable bonds is 3. The largest absolute Gasteiger partial charge is 0.481 e. The molecule has 0 bridgehead atoms. The van der Waals surface area contributed by atoms with E-state index in [9.17, 15) is 4.79 Å². The molecule has 5 heteroatoms. The summed E-state index contributed by atoms with van der Waals surface area (Å²) in [7, 11) is 0. The van der Waals surface area contributed by atoms with E-state index >= 15 is 0 Å². The highest BCUT2D eigenvalue weighted by atomic mass is 32.1. The maximum absolute atomic E-state index is 10.9. The van der Waals surface area contributed by atoms with Gasteiger partial charge in [0.15, 0.2) is 0 Å². The average molecular weight is 214 g/mol. The molecule has 3 N–H and O–H groups in total. The van der Waals surface area contributed by atoms with E-state index in [4.69, 9.17) is 10.8 Å². The second-order valence-corrected chi connectivity index (χ2v) is 4.72. The minimum absolute atomic E-state index is 0.557. The van der Waals surface area contributed by atoms with Crippen molar-refractivity contribution in [1.82, 2.24) is 4.98 Å². The monoisotopic (exact) mass is 214 g/mol. The van der Waals surface area contributed by atoms with E-state index in [1.165, 1.54) is 11.3 Å². The molecule has 0 saturated carbocycles. The molecular formula is C9H14N2O2S. The highest BCUT2D eigenvalue weighted by Crippen LogP contribution is 2.32. The molecule has 0 fully saturated rings. The van der Waals surface area contributed by atoms with Crippen LogP contribution >= 0.6 is 11.3 Å². The van der Waals surface area contributed by atoms with Crippen LogP contribution in [0.15, 0.2) is 5.38 Å². The summed E-state index contributed by atoms with van der Waals surface area (Å²) in [5.41, 5.74) is 5.75. The molecule has 0 aliphatic heterocycles. The van der Waals surface area contributed by atoms with E-state index in [1.807, 2.05) is 12.3 Å². The molecular weight excluding hydrogens is 200 g/mol. The summed E-state index contributed by atoms with van der Waals surface area (Å²) >= 11 is 1.40. The van der Waals surface area contributed by atoms with Gasteiger partial charge in [-0.15, -0.1) is 11.3 Å². The molecule has 0 aromatic carbocycles. The quantitative estimate of drug-likeness (QED) is 0.800. The van der Waals surface area contributed by atoms with Gasteiger partial charge in [0.2, 0.25) is 0 Å². The number of carbonyl (C=O) groups is 1. The Balaban J connectivity index is 2.95. The summed E-state index contributed by atoms with van der Waals surface area (Å²) in [5, 5.41) is 11.5. The molecule has 14 heavy (non-hydrogen) atoms. The topological polar surface area (TPSA) is 76.2 Å². The number of thiazole rings is 1. The van der Waals surface area contributed by atoms with E-state index in [0.717, 1.165) is 5.69 Å². The van der Waals surface area contributed by atoms with Crippen molar-refractivity contribution in [2.45, 2.75) is 26.8 Å². The highest BCUT2D eigenvalue weighted by Gasteiger charge is 2.36. The minimum atomic E-state index is -0.982. The number of nitrogens with two attached hydrogens (primary N) is 1. The Labute approximate surface area is 86.8 Å². The van der Waals surface area contributed by atoms with E-state index in [0.29, 0.717) is 5.01 Å². The second kappa shape index (κ2) is 3.67. The SMILES string of the molecule is Cc1csc(C(N)C(C)(C)C(=O)O)n1. The van der Waals surface area contributed by atoms with Crippen molar-refractivity contribution in [2.24, 2.45) is 11.1 Å². The molecule has 1 atom stereocenters. The van der Waals surface area contributed by atoms with Gasteiger partial charge in [-0.25, -0.2) is 4.98 Å². The highest BCUT2D eigenvalue weighted by molar-refractivity contribution is 7.09. The van der Waals surface area contributed by atoms with Crippen molar-refractivity contribution in [1.29, 1.82) is 0 Å². The Morgan fingerprint density at radius 1 is 1.71 bits per heavy atom. The lowest BCUT2D eigenvalue weighted by Crippen LogP contribution is -2.36. The zero-order valence-electron chi connectivity index (χ0n) is 8.44. The lowest BCUT2D eigenvalue weighted by Gasteiger charge is -2.24. The van der Waals surface area contributed by atoms with Gasteiger partial charge in [0.05, 0.1) is 11.5 Å². The van der Waals surface area contributed by atoms with Crippen LogP contribution in [0, 0.1) is 12.3 Å². The number of carboxylic acids is 1. The maximum Gasteiger partial charge on any atom is 0.311 e. The maximum atomic E-state index is 10.9. The first kappa shape index (κ1) is 11.1. The fraction of sp³-hybridized carbons (Fsp3) is 0.556. The predicted octanol–water partition coefficient (Wildman–Crippen LogP) is 1.56. The van der Waals surface area contributed by atoms with Crippen LogP contribution in [0.2, 0.25) is 0 Å². The Morgan fingerprint density at radius 3 is 2.64 bits per heavy atom. The third kappa shape index (κ3) is 1.93. The van der Waals surface area contributed by atoms with Crippen LogP contribution in [0.25, 0.3) is 0 Å². The Kier molecular flexibility index (Phi) is 2.92. The van der Waals surface area contributed by atoms with Gasteiger partial charge < -0.3 is 10.8 Å². The summed E-state index contributed by atoms with van der Waals surface area (Å²) in [6, 6.07) is -0.557. The zero-order chi connectivity index (χ0) is 10.9. The number of aliphatic carboxylic acids is 1. The molecule has 4 nitrogen and oxygen atoms in total. The Morgan fingerprint density at radius 2 is 2.29 bits per heavy atom. The summed E-state index contributed by atoms with van der Waals surface area (Å²) in [4.78, 5) is 15.1. The van der Waals surface area contributed by atoms with Crippen LogP contribution in [-0.4, -0.2) is 16.1 Å². The van der Waals surface area contributed by atoms with Crippen molar-refractivity contribution in [3.8, 4) is 0 Å². The van der Waals surface area contributed by atoms with Crippen LogP contribution in [-0.2, 0) is 4.79 Å². The Hall–Kier alpha value is -0.940. The van der Waals surface area contributed by atoms with Crippen molar-refractivity contribution >= 4 is 17.3 Å². The first-order valence-electron chi connectivity index (χ1n) is 4.26. The molecule has 0 radical (unpaired) electrons. The van der Waals surface area contributed by atoms with Crippen molar-refractivity contribution < 1.29 is 9.90 Å². The lowest BCUT2D eigenvalue weighted by molar-refractivity contribution is -0.148. The van der Waals surface area contributed by atoms with Gasteiger partial charge >= 0.3 is 5.97 Å². The molecule has 1 aromatic heterocycles. The van der Waals surface area contributed by atoms with Gasteiger partial charge in [0.1, 0.15) is 5.01 Å². The molecule has 1 rings (SSSR count). The normalized spacial score (nSPS) is 14.0. The number of nitrogens with zero attached hydrogens (tertiary/aromatic N) is 1. The standard InChI is InChI=1S/C9H14N2O2S/c1-5-4-14-7(11-5)6(10)9(2,3)8(12)13/h4,6H,10H2,1-3H3,(H,12,13). The third-order valence-corrected chi connectivity index (χ3v) is 3.28. The molecule has 1 aromatic rings. The summed E-state index contributed by atoms with van der Waals surface area (Å²) in [6.45, 7) is 5.08. The number of aromatic nitrogens is 1. The average Bonchev–Trinajstić information content (AvgIpc) is 2.50. The smallest absolute Gasteiger partial charge is 0.311 e. The van der Waals surface area contributed by atoms with Crippen molar-refractivity contribution in [3.05, 3.63) is 16.1 Å². The fourth-order valence-electron chi connectivity index (χ4n) is 0.957. The first-order valence-corrected chi connectivity index (χ1v) is 5.14. The zero-order valence-corrected chi connectivity index (χ0v) is 9.26. The molecule has 0 amide bonds. The molecule has 0 aliphatic rings. The third-order valence-electron chi connectivity index (χ3n) is 2.23. The molecule has 1 heterocycles. The molecule has 78 valence electrons. The number of hydrogen-bond acceptors (Lipinski definition) is 4. The number of carboxylic acid groups (broad SMARTS) is 1. The molecule has 0 saturated heterocycles. The minimum Gasteiger partial charge on any atom is -0.481 e. The first-order chi connectivity index (χ1) is 6.35. The summed E-state index contributed by atoms with van der Waals surface area (Å²) < 4.78 is 0. The van der Waals surface area contributed by atoms with E-state index < -0.39 is 17.4 Å². The van der Waals surface area contributed by atoms with Crippen LogP contribution < -0.4 is 5.73 Å². The van der Waals surface area contributed by atoms with Gasteiger partial charge in [0, 0.05) is 11.1 Å². The van der Waals surface area contributed by atoms with Gasteiger partial charge in [-0.3, -0.25) is 4.79 Å². The van der Waals surface area contributed by atoms with Gasteiger partial charge in [-0.05, 0) is 20.8 Å². The number of aryl methyl sites for hydroxylation is 1. The van der Waals surface area contributed by atoms with Crippen LogP contribution in [0.4, 0.5) is 0 Å². The van der Waals surface area contributed by atoms with Gasteiger partial charge in [0.25, 0.3) is 0 Å². The Bertz CT molecular complexity index is 346. The molecule has 0 spiro atoms. The fourth-order valence-corrected chi connectivity index (χ4v) is 1.94. The van der Waals surface area contributed by atoms with Gasteiger partial charge in [-0.1, -0.05) is 0 Å².